The molecule has 2 aromatic carbocycles. The van der Waals surface area contributed by atoms with Crippen molar-refractivity contribution in [1.29, 1.82) is 0 Å². The van der Waals surface area contributed by atoms with Gasteiger partial charge in [0.25, 0.3) is 11.8 Å². The zero-order valence-electron chi connectivity index (χ0n) is 19.9. The molecule has 2 aromatic rings. The summed E-state index contributed by atoms with van der Waals surface area (Å²) in [5, 5.41) is 5.77. The lowest BCUT2D eigenvalue weighted by Gasteiger charge is -2.27. The van der Waals surface area contributed by atoms with Gasteiger partial charge in [0, 0.05) is 29.7 Å². The lowest BCUT2D eigenvalue weighted by atomic mass is 9.87. The van der Waals surface area contributed by atoms with E-state index < -0.39 is 11.7 Å². The van der Waals surface area contributed by atoms with Gasteiger partial charge < -0.3 is 20.1 Å². The fourth-order valence-electron chi connectivity index (χ4n) is 3.91. The molecule has 1 aliphatic rings. The monoisotopic (exact) mass is 504 g/mol. The van der Waals surface area contributed by atoms with Crippen LogP contribution in [0.15, 0.2) is 36.4 Å². The fourth-order valence-corrected chi connectivity index (χ4v) is 4.09. The van der Waals surface area contributed by atoms with Crippen molar-refractivity contribution in [2.45, 2.75) is 45.6 Å². The third-order valence-corrected chi connectivity index (χ3v) is 6.32. The number of aryl methyl sites for hydroxylation is 1. The van der Waals surface area contributed by atoms with Crippen molar-refractivity contribution < 1.29 is 28.2 Å². The molecule has 9 heteroatoms. The molecule has 0 aliphatic heterocycles. The SMILES string of the molecule is CCOC(=O)[C@H]1CC[C@@H](Oc2ccc(C(=O)NCCNC(=O)c3ccc(C)c(Cl)c3)c(F)c2)CC1. The van der Waals surface area contributed by atoms with Crippen molar-refractivity contribution in [1.82, 2.24) is 10.6 Å². The topological polar surface area (TPSA) is 93.7 Å². The number of carbonyl (C=O) groups excluding carboxylic acids is 3. The van der Waals surface area contributed by atoms with E-state index >= 15 is 0 Å². The summed E-state index contributed by atoms with van der Waals surface area (Å²) >= 11 is 6.04. The minimum absolute atomic E-state index is 0.111. The molecule has 188 valence electrons. The number of benzene rings is 2. The average Bonchev–Trinajstić information content (AvgIpc) is 2.84. The van der Waals surface area contributed by atoms with E-state index in [4.69, 9.17) is 21.1 Å². The zero-order chi connectivity index (χ0) is 25.4. The van der Waals surface area contributed by atoms with E-state index in [2.05, 4.69) is 10.6 Å². The Bertz CT molecular complexity index is 1070. The van der Waals surface area contributed by atoms with Crippen LogP contribution in [0.4, 0.5) is 4.39 Å². The molecule has 35 heavy (non-hydrogen) atoms. The molecular formula is C26H30ClFN2O5. The Balaban J connectivity index is 1.43. The van der Waals surface area contributed by atoms with Crippen LogP contribution in [-0.2, 0) is 9.53 Å². The molecule has 7 nitrogen and oxygen atoms in total. The molecule has 2 amide bonds. The normalized spacial score (nSPS) is 17.4. The predicted molar refractivity (Wildman–Crippen MR) is 130 cm³/mol. The minimum Gasteiger partial charge on any atom is -0.490 e. The number of ether oxygens (including phenoxy) is 2. The van der Waals surface area contributed by atoms with E-state index in [0.29, 0.717) is 48.6 Å². The maximum absolute atomic E-state index is 14.6. The summed E-state index contributed by atoms with van der Waals surface area (Å²) in [6.07, 6.45) is 2.56. The third-order valence-electron chi connectivity index (χ3n) is 5.91. The van der Waals surface area contributed by atoms with E-state index in [9.17, 15) is 18.8 Å². The van der Waals surface area contributed by atoms with E-state index in [1.165, 1.54) is 12.1 Å². The Kier molecular flexibility index (Phi) is 9.48. The number of amides is 2. The predicted octanol–water partition coefficient (Wildman–Crippen LogP) is 4.45. The van der Waals surface area contributed by atoms with Gasteiger partial charge in [-0.3, -0.25) is 14.4 Å². The maximum atomic E-state index is 14.6. The van der Waals surface area contributed by atoms with Crippen molar-refractivity contribution in [2.24, 2.45) is 5.92 Å². The van der Waals surface area contributed by atoms with Crippen LogP contribution in [-0.4, -0.2) is 43.6 Å². The van der Waals surface area contributed by atoms with Gasteiger partial charge in [0.15, 0.2) is 0 Å². The molecule has 0 atom stereocenters. The number of nitrogens with one attached hydrogen (secondary N) is 2. The zero-order valence-corrected chi connectivity index (χ0v) is 20.6. The van der Waals surface area contributed by atoms with E-state index in [-0.39, 0.29) is 42.6 Å². The lowest BCUT2D eigenvalue weighted by molar-refractivity contribution is -0.149. The smallest absolute Gasteiger partial charge is 0.308 e. The minimum atomic E-state index is -0.696. The highest BCUT2D eigenvalue weighted by atomic mass is 35.5. The second-order valence-corrected chi connectivity index (χ2v) is 8.87. The van der Waals surface area contributed by atoms with Crippen LogP contribution in [0.5, 0.6) is 5.75 Å². The number of carbonyl (C=O) groups is 3. The molecule has 0 unspecified atom stereocenters. The van der Waals surface area contributed by atoms with Crippen LogP contribution in [0.1, 0.15) is 58.9 Å². The van der Waals surface area contributed by atoms with Crippen LogP contribution < -0.4 is 15.4 Å². The van der Waals surface area contributed by atoms with Crippen molar-refractivity contribution in [3.8, 4) is 5.75 Å². The Morgan fingerprint density at radius 3 is 2.31 bits per heavy atom. The van der Waals surface area contributed by atoms with Crippen LogP contribution in [0.25, 0.3) is 0 Å². The van der Waals surface area contributed by atoms with Crippen molar-refractivity contribution in [3.05, 3.63) is 63.9 Å². The van der Waals surface area contributed by atoms with Crippen molar-refractivity contribution >= 4 is 29.4 Å². The number of rotatable bonds is 9. The summed E-state index contributed by atoms with van der Waals surface area (Å²) in [5.74, 6) is -1.55. The highest BCUT2D eigenvalue weighted by Gasteiger charge is 2.28. The van der Waals surface area contributed by atoms with Gasteiger partial charge in [-0.2, -0.15) is 0 Å². The molecule has 1 aliphatic carbocycles. The molecule has 0 radical (unpaired) electrons. The van der Waals surface area contributed by atoms with Crippen molar-refractivity contribution in [3.63, 3.8) is 0 Å². The molecule has 0 heterocycles. The van der Waals surface area contributed by atoms with Crippen molar-refractivity contribution in [2.75, 3.05) is 19.7 Å². The second kappa shape index (κ2) is 12.5. The van der Waals surface area contributed by atoms with Crippen LogP contribution >= 0.6 is 11.6 Å². The van der Waals surface area contributed by atoms with Gasteiger partial charge in [0.05, 0.1) is 24.2 Å². The van der Waals surface area contributed by atoms with Gasteiger partial charge in [-0.25, -0.2) is 4.39 Å². The summed E-state index contributed by atoms with van der Waals surface area (Å²) in [5.41, 5.74) is 1.18. The summed E-state index contributed by atoms with van der Waals surface area (Å²) < 4.78 is 25.5. The number of hydrogen-bond acceptors (Lipinski definition) is 5. The van der Waals surface area contributed by atoms with E-state index in [0.717, 1.165) is 5.56 Å². The Labute approximate surface area is 209 Å². The number of esters is 1. The Morgan fingerprint density at radius 1 is 1.00 bits per heavy atom. The molecule has 1 saturated carbocycles. The Hall–Kier alpha value is -3.13. The van der Waals surface area contributed by atoms with Gasteiger partial charge in [0.1, 0.15) is 11.6 Å². The average molecular weight is 505 g/mol. The fraction of sp³-hybridized carbons (Fsp3) is 0.423. The molecule has 0 bridgehead atoms. The second-order valence-electron chi connectivity index (χ2n) is 8.46. The Morgan fingerprint density at radius 2 is 1.69 bits per heavy atom. The summed E-state index contributed by atoms with van der Waals surface area (Å²) in [6.45, 7) is 4.30. The number of hydrogen-bond donors (Lipinski definition) is 2. The van der Waals surface area contributed by atoms with Gasteiger partial charge in [-0.1, -0.05) is 17.7 Å². The van der Waals surface area contributed by atoms with Gasteiger partial charge in [0.2, 0.25) is 0 Å². The van der Waals surface area contributed by atoms with Gasteiger partial charge in [-0.15, -0.1) is 0 Å². The third kappa shape index (κ3) is 7.42. The highest BCUT2D eigenvalue weighted by Crippen LogP contribution is 2.29. The molecule has 1 fully saturated rings. The molecule has 3 rings (SSSR count). The first-order chi connectivity index (χ1) is 16.8. The standard InChI is InChI=1S/C26H30ClFN2O5/c1-3-34-26(33)17-6-8-19(9-7-17)35-20-10-11-21(23(28)15-20)25(32)30-13-12-29-24(31)18-5-4-16(2)22(27)14-18/h4-5,10-11,14-15,17,19H,3,6-9,12-13H2,1-2H3,(H,29,31)(H,30,32)/t17-,19+. The van der Waals surface area contributed by atoms with E-state index in [1.54, 1.807) is 31.2 Å². The van der Waals surface area contributed by atoms with Crippen LogP contribution in [0.3, 0.4) is 0 Å². The van der Waals surface area contributed by atoms with Crippen LogP contribution in [0.2, 0.25) is 5.02 Å². The largest absolute Gasteiger partial charge is 0.490 e. The first kappa shape index (κ1) is 26.5. The first-order valence-corrected chi connectivity index (χ1v) is 12.1. The molecule has 2 N–H and O–H groups in total. The molecule has 0 spiro atoms. The number of halogens is 2. The summed E-state index contributed by atoms with van der Waals surface area (Å²) in [4.78, 5) is 36.4. The summed E-state index contributed by atoms with van der Waals surface area (Å²) in [6, 6.07) is 9.12. The maximum Gasteiger partial charge on any atom is 0.308 e. The van der Waals surface area contributed by atoms with Gasteiger partial charge in [-0.05, 0) is 69.4 Å². The highest BCUT2D eigenvalue weighted by molar-refractivity contribution is 6.31. The first-order valence-electron chi connectivity index (χ1n) is 11.7. The van der Waals surface area contributed by atoms with E-state index in [1.807, 2.05) is 6.92 Å². The summed E-state index contributed by atoms with van der Waals surface area (Å²) in [7, 11) is 0. The lowest BCUT2D eigenvalue weighted by Crippen LogP contribution is -2.35. The molecule has 0 aromatic heterocycles. The quantitative estimate of drug-likeness (QED) is 0.389. The molecular weight excluding hydrogens is 475 g/mol. The van der Waals surface area contributed by atoms with Crippen LogP contribution in [0, 0.1) is 18.7 Å². The molecule has 0 saturated heterocycles. The van der Waals surface area contributed by atoms with Gasteiger partial charge >= 0.3 is 5.97 Å².